The van der Waals surface area contributed by atoms with Crippen molar-refractivity contribution in [1.29, 1.82) is 0 Å². The maximum Gasteiger partial charge on any atom is 0.123 e. The lowest BCUT2D eigenvalue weighted by atomic mass is 10.1. The molecule has 0 spiro atoms. The summed E-state index contributed by atoms with van der Waals surface area (Å²) in [4.78, 5) is 6.25. The van der Waals surface area contributed by atoms with Crippen LogP contribution in [0.5, 0.6) is 0 Å². The van der Waals surface area contributed by atoms with Gasteiger partial charge < -0.3 is 5.73 Å². The van der Waals surface area contributed by atoms with Crippen LogP contribution in [0.2, 0.25) is 0 Å². The minimum atomic E-state index is 0.486. The number of fused-ring (bicyclic) bond motifs is 1. The number of aromatic nitrogens is 1. The van der Waals surface area contributed by atoms with Crippen LogP contribution < -0.4 is 5.73 Å². The second-order valence-electron chi connectivity index (χ2n) is 4.85. The first kappa shape index (κ1) is 11.9. The third-order valence-corrected chi connectivity index (χ3v) is 4.91. The molecule has 1 aliphatic carbocycles. The van der Waals surface area contributed by atoms with Crippen molar-refractivity contribution >= 4 is 11.3 Å². The number of nitrogens with zero attached hydrogens (tertiary/aromatic N) is 1. The summed E-state index contributed by atoms with van der Waals surface area (Å²) >= 11 is 1.84. The molecule has 1 aromatic heterocycles. The number of rotatable bonds is 3. The highest BCUT2D eigenvalue weighted by Gasteiger charge is 2.26. The zero-order valence-corrected chi connectivity index (χ0v) is 11.5. The van der Waals surface area contributed by atoms with E-state index in [4.69, 9.17) is 10.7 Å². The summed E-state index contributed by atoms with van der Waals surface area (Å²) in [5.41, 5.74) is 9.68. The molecule has 0 saturated carbocycles. The van der Waals surface area contributed by atoms with Gasteiger partial charge in [0.2, 0.25) is 0 Å². The number of benzene rings is 1. The standard InChI is InChI=1S/C15H18N2S/c1-2-10-3-5-11(6-4-10)15-17-14-12(9-16)7-8-13(14)18-15/h3-6,12H,2,7-9,16H2,1H3. The molecule has 3 heteroatoms. The van der Waals surface area contributed by atoms with E-state index in [-0.39, 0.29) is 0 Å². The van der Waals surface area contributed by atoms with E-state index in [0.29, 0.717) is 5.92 Å². The molecule has 3 rings (SSSR count). The zero-order valence-electron chi connectivity index (χ0n) is 10.6. The normalized spacial score (nSPS) is 18.0. The molecule has 0 fully saturated rings. The van der Waals surface area contributed by atoms with Crippen molar-refractivity contribution in [2.45, 2.75) is 32.1 Å². The molecule has 1 atom stereocenters. The van der Waals surface area contributed by atoms with E-state index in [9.17, 15) is 0 Å². The van der Waals surface area contributed by atoms with Crippen LogP contribution in [0.15, 0.2) is 24.3 Å². The molecular weight excluding hydrogens is 240 g/mol. The van der Waals surface area contributed by atoms with Crippen molar-refractivity contribution in [2.75, 3.05) is 6.54 Å². The topological polar surface area (TPSA) is 38.9 Å². The Labute approximate surface area is 112 Å². The number of nitrogens with two attached hydrogens (primary N) is 1. The fraction of sp³-hybridized carbons (Fsp3) is 0.400. The van der Waals surface area contributed by atoms with E-state index in [1.165, 1.54) is 28.1 Å². The molecule has 2 N–H and O–H groups in total. The Balaban J connectivity index is 1.93. The van der Waals surface area contributed by atoms with Crippen LogP contribution in [0.25, 0.3) is 10.6 Å². The Morgan fingerprint density at radius 3 is 2.78 bits per heavy atom. The predicted molar refractivity (Wildman–Crippen MR) is 77.0 cm³/mol. The van der Waals surface area contributed by atoms with Crippen LogP contribution in [0.3, 0.4) is 0 Å². The second kappa shape index (κ2) is 4.82. The summed E-state index contributed by atoms with van der Waals surface area (Å²) in [6, 6.07) is 8.76. The third kappa shape index (κ3) is 1.98. The molecule has 2 aromatic rings. The van der Waals surface area contributed by atoms with Crippen LogP contribution >= 0.6 is 11.3 Å². The number of hydrogen-bond acceptors (Lipinski definition) is 3. The minimum absolute atomic E-state index is 0.486. The summed E-state index contributed by atoms with van der Waals surface area (Å²) in [6.45, 7) is 2.91. The van der Waals surface area contributed by atoms with Gasteiger partial charge in [-0.05, 0) is 24.8 Å². The van der Waals surface area contributed by atoms with Gasteiger partial charge in [-0.1, -0.05) is 31.2 Å². The first-order valence-electron chi connectivity index (χ1n) is 6.60. The van der Waals surface area contributed by atoms with Gasteiger partial charge in [-0.15, -0.1) is 11.3 Å². The lowest BCUT2D eigenvalue weighted by Crippen LogP contribution is -2.09. The van der Waals surface area contributed by atoms with E-state index >= 15 is 0 Å². The molecule has 0 saturated heterocycles. The number of hydrogen-bond donors (Lipinski definition) is 1. The molecule has 1 heterocycles. The average Bonchev–Trinajstić information content (AvgIpc) is 2.98. The molecule has 0 bridgehead atoms. The molecule has 0 amide bonds. The quantitative estimate of drug-likeness (QED) is 0.917. The van der Waals surface area contributed by atoms with Crippen LogP contribution in [-0.4, -0.2) is 11.5 Å². The van der Waals surface area contributed by atoms with E-state index in [2.05, 4.69) is 31.2 Å². The Hall–Kier alpha value is -1.19. The second-order valence-corrected chi connectivity index (χ2v) is 5.93. The highest BCUT2D eigenvalue weighted by atomic mass is 32.1. The molecule has 0 radical (unpaired) electrons. The van der Waals surface area contributed by atoms with Gasteiger partial charge in [-0.3, -0.25) is 0 Å². The highest BCUT2D eigenvalue weighted by Crippen LogP contribution is 2.39. The molecule has 1 aliphatic rings. The van der Waals surface area contributed by atoms with Crippen molar-refractivity contribution in [1.82, 2.24) is 4.98 Å². The van der Waals surface area contributed by atoms with Crippen LogP contribution in [0, 0.1) is 0 Å². The molecule has 1 aromatic carbocycles. The van der Waals surface area contributed by atoms with E-state index in [1.54, 1.807) is 0 Å². The smallest absolute Gasteiger partial charge is 0.123 e. The van der Waals surface area contributed by atoms with E-state index in [0.717, 1.165) is 24.4 Å². The van der Waals surface area contributed by atoms with Crippen LogP contribution in [0.1, 0.15) is 35.4 Å². The lowest BCUT2D eigenvalue weighted by molar-refractivity contribution is 0.675. The van der Waals surface area contributed by atoms with Gasteiger partial charge in [-0.2, -0.15) is 0 Å². The van der Waals surface area contributed by atoms with Gasteiger partial charge >= 0.3 is 0 Å². The Kier molecular flexibility index (Phi) is 3.18. The van der Waals surface area contributed by atoms with Crippen molar-refractivity contribution in [2.24, 2.45) is 5.73 Å². The number of aryl methyl sites for hydroxylation is 2. The summed E-state index contributed by atoms with van der Waals surface area (Å²) in [5, 5.41) is 1.15. The van der Waals surface area contributed by atoms with Gasteiger partial charge in [-0.25, -0.2) is 4.98 Å². The SMILES string of the molecule is CCc1ccc(-c2nc3c(s2)CCC3CN)cc1. The fourth-order valence-corrected chi connectivity index (χ4v) is 3.71. The largest absolute Gasteiger partial charge is 0.330 e. The zero-order chi connectivity index (χ0) is 12.5. The molecular formula is C15H18N2S. The summed E-state index contributed by atoms with van der Waals surface area (Å²) in [5.74, 6) is 0.486. The maximum absolute atomic E-state index is 5.80. The predicted octanol–water partition coefficient (Wildman–Crippen LogP) is 3.36. The Bertz CT molecular complexity index is 542. The van der Waals surface area contributed by atoms with Crippen LogP contribution in [0.4, 0.5) is 0 Å². The van der Waals surface area contributed by atoms with Gasteiger partial charge in [0.05, 0.1) is 5.69 Å². The summed E-state index contributed by atoms with van der Waals surface area (Å²) in [6.07, 6.45) is 3.42. The molecule has 0 aliphatic heterocycles. The highest BCUT2D eigenvalue weighted by molar-refractivity contribution is 7.15. The minimum Gasteiger partial charge on any atom is -0.330 e. The van der Waals surface area contributed by atoms with Gasteiger partial charge in [0.25, 0.3) is 0 Å². The average molecular weight is 258 g/mol. The van der Waals surface area contributed by atoms with Gasteiger partial charge in [0.15, 0.2) is 0 Å². The first-order chi connectivity index (χ1) is 8.81. The van der Waals surface area contributed by atoms with Crippen LogP contribution in [-0.2, 0) is 12.8 Å². The third-order valence-electron chi connectivity index (χ3n) is 3.73. The first-order valence-corrected chi connectivity index (χ1v) is 7.42. The monoisotopic (exact) mass is 258 g/mol. The maximum atomic E-state index is 5.80. The van der Waals surface area contributed by atoms with Gasteiger partial charge in [0, 0.05) is 22.9 Å². The van der Waals surface area contributed by atoms with E-state index < -0.39 is 0 Å². The molecule has 18 heavy (non-hydrogen) atoms. The van der Waals surface area contributed by atoms with Crippen molar-refractivity contribution in [3.63, 3.8) is 0 Å². The molecule has 94 valence electrons. The number of thiazole rings is 1. The molecule has 2 nitrogen and oxygen atoms in total. The van der Waals surface area contributed by atoms with Crippen molar-refractivity contribution in [3.05, 3.63) is 40.4 Å². The lowest BCUT2D eigenvalue weighted by Gasteiger charge is -2.04. The molecule has 1 unspecified atom stereocenters. The summed E-state index contributed by atoms with van der Waals surface area (Å²) in [7, 11) is 0. The fourth-order valence-electron chi connectivity index (χ4n) is 2.54. The van der Waals surface area contributed by atoms with Crippen molar-refractivity contribution in [3.8, 4) is 10.6 Å². The van der Waals surface area contributed by atoms with E-state index in [1.807, 2.05) is 11.3 Å². The Morgan fingerprint density at radius 1 is 1.33 bits per heavy atom. The van der Waals surface area contributed by atoms with Crippen molar-refractivity contribution < 1.29 is 0 Å². The summed E-state index contributed by atoms with van der Waals surface area (Å²) < 4.78 is 0. The Morgan fingerprint density at radius 2 is 2.11 bits per heavy atom. The van der Waals surface area contributed by atoms with Gasteiger partial charge in [0.1, 0.15) is 5.01 Å².